The van der Waals surface area contributed by atoms with Crippen molar-refractivity contribution in [1.82, 2.24) is 14.9 Å². The highest BCUT2D eigenvalue weighted by Crippen LogP contribution is 2.12. The molecule has 0 spiro atoms. The molecular formula is C14H19N3O2S. The van der Waals surface area contributed by atoms with Gasteiger partial charge in [-0.05, 0) is 24.6 Å². The van der Waals surface area contributed by atoms with E-state index in [1.54, 1.807) is 18.3 Å². The lowest BCUT2D eigenvalue weighted by Gasteiger charge is -2.13. The standard InChI is InChI=1S/C14H19N3O2S/c1-11(14-15-8-9-17(14)2)16-10-12-4-6-13(7-5-12)20(3,18)19/h4-9,11,16H,10H2,1-3H3. The van der Waals surface area contributed by atoms with Gasteiger partial charge in [-0.15, -0.1) is 0 Å². The molecule has 2 rings (SSSR count). The van der Waals surface area contributed by atoms with E-state index in [2.05, 4.69) is 10.3 Å². The predicted octanol–water partition coefficient (Wildman–Crippen LogP) is 1.67. The summed E-state index contributed by atoms with van der Waals surface area (Å²) in [5.41, 5.74) is 1.04. The molecule has 0 saturated carbocycles. The zero-order chi connectivity index (χ0) is 14.8. The van der Waals surface area contributed by atoms with E-state index in [9.17, 15) is 8.42 Å². The molecule has 0 radical (unpaired) electrons. The number of benzene rings is 1. The first-order valence-corrected chi connectivity index (χ1v) is 8.26. The fraction of sp³-hybridized carbons (Fsp3) is 0.357. The topological polar surface area (TPSA) is 64.0 Å². The Morgan fingerprint density at radius 1 is 1.30 bits per heavy atom. The highest BCUT2D eigenvalue weighted by atomic mass is 32.2. The van der Waals surface area contributed by atoms with E-state index in [4.69, 9.17) is 0 Å². The van der Waals surface area contributed by atoms with E-state index in [0.29, 0.717) is 11.4 Å². The number of aryl methyl sites for hydroxylation is 1. The fourth-order valence-electron chi connectivity index (χ4n) is 2.01. The van der Waals surface area contributed by atoms with Gasteiger partial charge in [-0.3, -0.25) is 0 Å². The number of hydrogen-bond donors (Lipinski definition) is 1. The summed E-state index contributed by atoms with van der Waals surface area (Å²) in [7, 11) is -1.17. The summed E-state index contributed by atoms with van der Waals surface area (Å²) in [5.74, 6) is 0.970. The number of hydrogen-bond acceptors (Lipinski definition) is 4. The summed E-state index contributed by atoms with van der Waals surface area (Å²) in [6.07, 6.45) is 4.90. The van der Waals surface area contributed by atoms with E-state index in [-0.39, 0.29) is 6.04 Å². The van der Waals surface area contributed by atoms with Gasteiger partial charge in [0.1, 0.15) is 5.82 Å². The SMILES string of the molecule is CC(NCc1ccc(S(C)(=O)=O)cc1)c1nccn1C. The van der Waals surface area contributed by atoms with Crippen LogP contribution in [0.4, 0.5) is 0 Å². The second-order valence-corrected chi connectivity index (χ2v) is 6.93. The molecular weight excluding hydrogens is 274 g/mol. The van der Waals surface area contributed by atoms with Crippen molar-refractivity contribution in [3.63, 3.8) is 0 Å². The van der Waals surface area contributed by atoms with Crippen LogP contribution in [0.25, 0.3) is 0 Å². The van der Waals surface area contributed by atoms with Crippen LogP contribution in [-0.4, -0.2) is 24.2 Å². The molecule has 0 aliphatic heterocycles. The molecule has 1 aromatic heterocycles. The normalized spacial score (nSPS) is 13.3. The molecule has 0 aliphatic rings. The van der Waals surface area contributed by atoms with Crippen molar-refractivity contribution in [2.24, 2.45) is 7.05 Å². The first-order valence-electron chi connectivity index (χ1n) is 6.37. The van der Waals surface area contributed by atoms with Crippen molar-refractivity contribution in [1.29, 1.82) is 0 Å². The third kappa shape index (κ3) is 3.46. The summed E-state index contributed by atoms with van der Waals surface area (Å²) in [5, 5.41) is 3.37. The quantitative estimate of drug-likeness (QED) is 0.911. The van der Waals surface area contributed by atoms with Gasteiger partial charge in [-0.25, -0.2) is 13.4 Å². The first-order chi connectivity index (χ1) is 9.38. The van der Waals surface area contributed by atoms with Gasteiger partial charge in [0.15, 0.2) is 9.84 Å². The van der Waals surface area contributed by atoms with Crippen LogP contribution >= 0.6 is 0 Å². The van der Waals surface area contributed by atoms with Gasteiger partial charge >= 0.3 is 0 Å². The maximum atomic E-state index is 11.4. The summed E-state index contributed by atoms with van der Waals surface area (Å²) in [6, 6.07) is 7.06. The monoisotopic (exact) mass is 293 g/mol. The molecule has 1 heterocycles. The fourth-order valence-corrected chi connectivity index (χ4v) is 2.64. The molecule has 5 nitrogen and oxygen atoms in total. The number of rotatable bonds is 5. The molecule has 1 atom stereocenters. The van der Waals surface area contributed by atoms with Gasteiger partial charge in [0.05, 0.1) is 10.9 Å². The van der Waals surface area contributed by atoms with Crippen molar-refractivity contribution in [2.75, 3.05) is 6.26 Å². The second kappa shape index (κ2) is 5.76. The summed E-state index contributed by atoms with van der Waals surface area (Å²) >= 11 is 0. The maximum Gasteiger partial charge on any atom is 0.175 e. The van der Waals surface area contributed by atoms with Crippen LogP contribution in [0.15, 0.2) is 41.6 Å². The lowest BCUT2D eigenvalue weighted by atomic mass is 10.2. The summed E-state index contributed by atoms with van der Waals surface area (Å²) < 4.78 is 24.7. The predicted molar refractivity (Wildman–Crippen MR) is 78.0 cm³/mol. The Morgan fingerprint density at radius 3 is 2.45 bits per heavy atom. The minimum atomic E-state index is -3.13. The van der Waals surface area contributed by atoms with E-state index in [1.807, 2.05) is 36.9 Å². The zero-order valence-electron chi connectivity index (χ0n) is 11.9. The molecule has 2 aromatic rings. The van der Waals surface area contributed by atoms with Gasteiger partial charge in [-0.1, -0.05) is 12.1 Å². The van der Waals surface area contributed by atoms with Crippen LogP contribution in [0.5, 0.6) is 0 Å². The van der Waals surface area contributed by atoms with Crippen molar-refractivity contribution in [2.45, 2.75) is 24.4 Å². The van der Waals surface area contributed by atoms with Crippen LogP contribution in [0.1, 0.15) is 24.4 Å². The van der Waals surface area contributed by atoms with Crippen molar-refractivity contribution in [3.8, 4) is 0 Å². The van der Waals surface area contributed by atoms with Gasteiger partial charge < -0.3 is 9.88 Å². The molecule has 1 N–H and O–H groups in total. The Bertz CT molecular complexity index is 675. The summed E-state index contributed by atoms with van der Waals surface area (Å²) in [6.45, 7) is 2.71. The maximum absolute atomic E-state index is 11.4. The lowest BCUT2D eigenvalue weighted by Crippen LogP contribution is -2.21. The number of nitrogens with one attached hydrogen (secondary N) is 1. The van der Waals surface area contributed by atoms with Crippen LogP contribution < -0.4 is 5.32 Å². The van der Waals surface area contributed by atoms with Gasteiger partial charge in [-0.2, -0.15) is 0 Å². The number of sulfone groups is 1. The largest absolute Gasteiger partial charge is 0.337 e. The van der Waals surface area contributed by atoms with Gasteiger partial charge in [0, 0.05) is 32.2 Å². The molecule has 0 aliphatic carbocycles. The highest BCUT2D eigenvalue weighted by molar-refractivity contribution is 7.90. The van der Waals surface area contributed by atoms with E-state index < -0.39 is 9.84 Å². The van der Waals surface area contributed by atoms with Crippen molar-refractivity contribution < 1.29 is 8.42 Å². The van der Waals surface area contributed by atoms with Crippen LogP contribution in [-0.2, 0) is 23.4 Å². The average Bonchev–Trinajstić information content (AvgIpc) is 2.82. The van der Waals surface area contributed by atoms with Gasteiger partial charge in [0.2, 0.25) is 0 Å². The molecule has 108 valence electrons. The molecule has 1 aromatic carbocycles. The van der Waals surface area contributed by atoms with Crippen LogP contribution in [0, 0.1) is 0 Å². The third-order valence-electron chi connectivity index (χ3n) is 3.21. The Balaban J connectivity index is 2.00. The highest BCUT2D eigenvalue weighted by Gasteiger charge is 2.10. The molecule has 0 saturated heterocycles. The Labute approximate surface area is 119 Å². The molecule has 20 heavy (non-hydrogen) atoms. The van der Waals surface area contributed by atoms with Crippen LogP contribution in [0.2, 0.25) is 0 Å². The Kier molecular flexibility index (Phi) is 4.25. The van der Waals surface area contributed by atoms with E-state index in [1.165, 1.54) is 6.26 Å². The molecule has 0 amide bonds. The van der Waals surface area contributed by atoms with Gasteiger partial charge in [0.25, 0.3) is 0 Å². The number of imidazole rings is 1. The minimum absolute atomic E-state index is 0.129. The third-order valence-corrected chi connectivity index (χ3v) is 4.34. The smallest absolute Gasteiger partial charge is 0.175 e. The second-order valence-electron chi connectivity index (χ2n) is 4.92. The van der Waals surface area contributed by atoms with Crippen molar-refractivity contribution >= 4 is 9.84 Å². The molecule has 0 bridgehead atoms. The minimum Gasteiger partial charge on any atom is -0.337 e. The lowest BCUT2D eigenvalue weighted by molar-refractivity contribution is 0.530. The molecule has 0 fully saturated rings. The average molecular weight is 293 g/mol. The number of aromatic nitrogens is 2. The Morgan fingerprint density at radius 2 is 1.95 bits per heavy atom. The molecule has 6 heteroatoms. The van der Waals surface area contributed by atoms with Crippen LogP contribution in [0.3, 0.4) is 0 Å². The molecule has 1 unspecified atom stereocenters. The van der Waals surface area contributed by atoms with Crippen molar-refractivity contribution in [3.05, 3.63) is 48.0 Å². The van der Waals surface area contributed by atoms with E-state index in [0.717, 1.165) is 11.4 Å². The number of nitrogens with zero attached hydrogens (tertiary/aromatic N) is 2. The Hall–Kier alpha value is -1.66. The first kappa shape index (κ1) is 14.7. The zero-order valence-corrected chi connectivity index (χ0v) is 12.7. The van der Waals surface area contributed by atoms with E-state index >= 15 is 0 Å². The summed E-state index contributed by atoms with van der Waals surface area (Å²) in [4.78, 5) is 4.64.